The minimum atomic E-state index is -0.908. The smallest absolute Gasteiger partial charge is 0.346 e. The lowest BCUT2D eigenvalue weighted by molar-refractivity contribution is 0.0702. The van der Waals surface area contributed by atoms with Crippen LogP contribution in [0.3, 0.4) is 0 Å². The second-order valence-corrected chi connectivity index (χ2v) is 10.2. The Kier molecular flexibility index (Phi) is 6.72. The summed E-state index contributed by atoms with van der Waals surface area (Å²) in [6, 6.07) is 15.4. The number of pyridine rings is 1. The quantitative estimate of drug-likeness (QED) is 0.385. The number of nitriles is 1. The second kappa shape index (κ2) is 10.1. The SMILES string of the molecule is Cc1cc(C#N)ccc1COc1cccc(C2CCN(Cc3nc4sc(C(=O)O)cc4n3C)CC2)n1. The lowest BCUT2D eigenvalue weighted by Crippen LogP contribution is -2.33. The third kappa shape index (κ3) is 4.96. The molecule has 1 saturated heterocycles. The van der Waals surface area contributed by atoms with Gasteiger partial charge in [0, 0.05) is 24.7 Å². The minimum absolute atomic E-state index is 0.321. The molecule has 0 bridgehead atoms. The van der Waals surface area contributed by atoms with Gasteiger partial charge in [0.1, 0.15) is 22.1 Å². The first-order chi connectivity index (χ1) is 17.4. The molecule has 0 radical (unpaired) electrons. The van der Waals surface area contributed by atoms with Gasteiger partial charge < -0.3 is 14.4 Å². The van der Waals surface area contributed by atoms with Crippen LogP contribution < -0.4 is 4.74 Å². The number of ether oxygens (including phenoxy) is 1. The van der Waals surface area contributed by atoms with Crippen LogP contribution in [0, 0.1) is 18.3 Å². The van der Waals surface area contributed by atoms with Crippen LogP contribution in [0.1, 0.15) is 56.6 Å². The van der Waals surface area contributed by atoms with E-state index >= 15 is 0 Å². The molecule has 0 saturated carbocycles. The number of benzene rings is 1. The molecule has 9 heteroatoms. The predicted octanol–water partition coefficient (Wildman–Crippen LogP) is 4.87. The molecule has 0 aliphatic carbocycles. The standard InChI is InChI=1S/C27H27N5O3S/c1-17-12-18(14-28)6-7-20(17)16-35-25-5-3-4-21(29-25)19-8-10-32(11-9-19)15-24-30-26-22(31(24)2)13-23(36-26)27(33)34/h3-7,12-13,19H,8-11,15-16H2,1-2H3,(H,33,34). The van der Waals surface area contributed by atoms with Crippen molar-refractivity contribution in [2.75, 3.05) is 13.1 Å². The molecule has 1 aliphatic heterocycles. The summed E-state index contributed by atoms with van der Waals surface area (Å²) in [5.41, 5.74) is 4.66. The average molecular weight is 502 g/mol. The van der Waals surface area contributed by atoms with Crippen molar-refractivity contribution in [3.05, 3.63) is 75.6 Å². The van der Waals surface area contributed by atoms with Gasteiger partial charge in [0.05, 0.1) is 23.7 Å². The summed E-state index contributed by atoms with van der Waals surface area (Å²) in [4.78, 5) is 24.2. The monoisotopic (exact) mass is 501 g/mol. The maximum Gasteiger partial charge on any atom is 0.346 e. The molecule has 4 heterocycles. The Hall–Kier alpha value is -3.74. The zero-order valence-corrected chi connectivity index (χ0v) is 21.1. The number of fused-ring (bicyclic) bond motifs is 1. The fourth-order valence-corrected chi connectivity index (χ4v) is 5.59. The second-order valence-electron chi connectivity index (χ2n) is 9.19. The van der Waals surface area contributed by atoms with Gasteiger partial charge in [-0.25, -0.2) is 14.8 Å². The zero-order valence-electron chi connectivity index (χ0n) is 20.3. The summed E-state index contributed by atoms with van der Waals surface area (Å²) in [5, 5.41) is 18.3. The molecule has 1 N–H and O–H groups in total. The predicted molar refractivity (Wildman–Crippen MR) is 137 cm³/mol. The lowest BCUT2D eigenvalue weighted by atomic mass is 9.93. The first-order valence-corrected chi connectivity index (χ1v) is 12.7. The minimum Gasteiger partial charge on any atom is -0.477 e. The molecule has 1 fully saturated rings. The Morgan fingerprint density at radius 1 is 1.22 bits per heavy atom. The van der Waals surface area contributed by atoms with E-state index in [-0.39, 0.29) is 0 Å². The van der Waals surface area contributed by atoms with E-state index in [0.29, 0.717) is 28.8 Å². The van der Waals surface area contributed by atoms with Gasteiger partial charge in [-0.2, -0.15) is 5.26 Å². The Labute approximate surface area is 213 Å². The van der Waals surface area contributed by atoms with Gasteiger partial charge in [0.2, 0.25) is 5.88 Å². The highest BCUT2D eigenvalue weighted by molar-refractivity contribution is 7.20. The number of piperidine rings is 1. The van der Waals surface area contributed by atoms with Gasteiger partial charge in [0.15, 0.2) is 0 Å². The molecule has 184 valence electrons. The first-order valence-electron chi connectivity index (χ1n) is 11.9. The van der Waals surface area contributed by atoms with E-state index in [1.54, 1.807) is 6.07 Å². The van der Waals surface area contributed by atoms with Crippen LogP contribution in [0.5, 0.6) is 5.88 Å². The molecule has 4 aromatic rings. The van der Waals surface area contributed by atoms with E-state index in [1.807, 2.05) is 48.9 Å². The van der Waals surface area contributed by atoms with Crippen molar-refractivity contribution in [2.24, 2.45) is 7.05 Å². The lowest BCUT2D eigenvalue weighted by Gasteiger charge is -2.31. The normalized spacial score (nSPS) is 14.7. The summed E-state index contributed by atoms with van der Waals surface area (Å²) in [6.45, 7) is 5.04. The number of carboxylic acids is 1. The van der Waals surface area contributed by atoms with E-state index in [1.165, 1.54) is 11.3 Å². The van der Waals surface area contributed by atoms with Gasteiger partial charge in [-0.3, -0.25) is 4.90 Å². The van der Waals surface area contributed by atoms with Gasteiger partial charge in [0.25, 0.3) is 0 Å². The highest BCUT2D eigenvalue weighted by Gasteiger charge is 2.24. The van der Waals surface area contributed by atoms with Crippen molar-refractivity contribution in [2.45, 2.75) is 38.8 Å². The number of nitrogens with zero attached hydrogens (tertiary/aromatic N) is 5. The van der Waals surface area contributed by atoms with Crippen LogP contribution in [0.2, 0.25) is 0 Å². The molecule has 1 aromatic carbocycles. The highest BCUT2D eigenvalue weighted by atomic mass is 32.1. The number of imidazole rings is 1. The molecule has 8 nitrogen and oxygen atoms in total. The van der Waals surface area contributed by atoms with E-state index < -0.39 is 5.97 Å². The summed E-state index contributed by atoms with van der Waals surface area (Å²) in [5.74, 6) is 1.05. The molecule has 0 spiro atoms. The summed E-state index contributed by atoms with van der Waals surface area (Å²) in [6.07, 6.45) is 2.01. The van der Waals surface area contributed by atoms with E-state index in [0.717, 1.165) is 65.5 Å². The van der Waals surface area contributed by atoms with Crippen molar-refractivity contribution in [3.63, 3.8) is 0 Å². The largest absolute Gasteiger partial charge is 0.477 e. The zero-order chi connectivity index (χ0) is 25.2. The Morgan fingerprint density at radius 2 is 2.03 bits per heavy atom. The van der Waals surface area contributed by atoms with Crippen molar-refractivity contribution in [3.8, 4) is 11.9 Å². The maximum atomic E-state index is 11.2. The average Bonchev–Trinajstić information content (AvgIpc) is 3.43. The molecule has 0 amide bonds. The molecule has 3 aromatic heterocycles. The maximum absolute atomic E-state index is 11.2. The molecular formula is C27H27N5O3S. The highest BCUT2D eigenvalue weighted by Crippen LogP contribution is 2.30. The van der Waals surface area contributed by atoms with Gasteiger partial charge in [-0.1, -0.05) is 12.1 Å². The molecular weight excluding hydrogens is 474 g/mol. The van der Waals surface area contributed by atoms with Crippen molar-refractivity contribution < 1.29 is 14.6 Å². The molecule has 1 aliphatic rings. The van der Waals surface area contributed by atoms with Crippen molar-refractivity contribution in [1.29, 1.82) is 5.26 Å². The number of aromatic nitrogens is 3. The summed E-state index contributed by atoms with van der Waals surface area (Å²) < 4.78 is 7.99. The topological polar surface area (TPSA) is 104 Å². The number of rotatable bonds is 7. The number of hydrogen-bond acceptors (Lipinski definition) is 7. The number of likely N-dealkylation sites (tertiary alicyclic amines) is 1. The third-order valence-corrected chi connectivity index (χ3v) is 7.85. The Morgan fingerprint density at radius 3 is 2.72 bits per heavy atom. The van der Waals surface area contributed by atoms with Crippen LogP contribution in [0.25, 0.3) is 10.3 Å². The number of carboxylic acid groups (broad SMARTS) is 1. The third-order valence-electron chi connectivity index (χ3n) is 6.85. The molecule has 0 atom stereocenters. The van der Waals surface area contributed by atoms with Gasteiger partial charge >= 0.3 is 5.97 Å². The number of carbonyl (C=O) groups is 1. The summed E-state index contributed by atoms with van der Waals surface area (Å²) in [7, 11) is 1.95. The van der Waals surface area contributed by atoms with E-state index in [4.69, 9.17) is 20.0 Å². The number of aromatic carboxylic acids is 1. The van der Waals surface area contributed by atoms with E-state index in [2.05, 4.69) is 17.0 Å². The Balaban J connectivity index is 1.18. The number of hydrogen-bond donors (Lipinski definition) is 1. The molecule has 36 heavy (non-hydrogen) atoms. The van der Waals surface area contributed by atoms with Gasteiger partial charge in [-0.15, -0.1) is 11.3 Å². The van der Waals surface area contributed by atoms with Crippen molar-refractivity contribution >= 4 is 27.7 Å². The first kappa shape index (κ1) is 24.0. The fourth-order valence-electron chi connectivity index (χ4n) is 4.67. The van der Waals surface area contributed by atoms with Crippen LogP contribution >= 0.6 is 11.3 Å². The number of aryl methyl sites for hydroxylation is 2. The summed E-state index contributed by atoms with van der Waals surface area (Å²) >= 11 is 1.22. The Bertz CT molecular complexity index is 1460. The molecule has 0 unspecified atom stereocenters. The molecule has 5 rings (SSSR count). The van der Waals surface area contributed by atoms with Crippen LogP contribution in [0.4, 0.5) is 0 Å². The van der Waals surface area contributed by atoms with Crippen LogP contribution in [-0.4, -0.2) is 43.6 Å². The van der Waals surface area contributed by atoms with Gasteiger partial charge in [-0.05, 0) is 68.2 Å². The van der Waals surface area contributed by atoms with Crippen LogP contribution in [-0.2, 0) is 20.2 Å². The fraction of sp³-hybridized carbons (Fsp3) is 0.333. The van der Waals surface area contributed by atoms with Crippen molar-refractivity contribution in [1.82, 2.24) is 19.4 Å². The van der Waals surface area contributed by atoms with E-state index in [9.17, 15) is 9.90 Å². The van der Waals surface area contributed by atoms with Crippen LogP contribution in [0.15, 0.2) is 42.5 Å². The number of thiophene rings is 1.